The molecule has 2 rings (SSSR count). The van der Waals surface area contributed by atoms with Crippen LogP contribution >= 0.6 is 11.8 Å². The molecule has 24 heavy (non-hydrogen) atoms. The number of hydrogen-bond donors (Lipinski definition) is 1. The fourth-order valence-corrected chi connectivity index (χ4v) is 5.19. The molecule has 0 aliphatic carbocycles. The summed E-state index contributed by atoms with van der Waals surface area (Å²) in [6.07, 6.45) is 10.4. The van der Waals surface area contributed by atoms with Crippen molar-refractivity contribution >= 4 is 17.7 Å². The average molecular weight is 359 g/mol. The zero-order valence-corrected chi connectivity index (χ0v) is 15.9. The molecule has 0 aromatic rings. The van der Waals surface area contributed by atoms with Gasteiger partial charge in [0.05, 0.1) is 18.8 Å². The number of rotatable bonds is 14. The van der Waals surface area contributed by atoms with Gasteiger partial charge in [-0.05, 0) is 43.6 Å². The number of thioether (sulfide) groups is 1. The normalized spacial score (nSPS) is 28.5. The number of hydrogen-bond acceptors (Lipinski definition) is 4. The minimum atomic E-state index is -0.715. The molecule has 0 radical (unpaired) electrons. The molecule has 5 heteroatoms. The summed E-state index contributed by atoms with van der Waals surface area (Å²) in [5, 5.41) is 8.64. The highest BCUT2D eigenvalue weighted by atomic mass is 32.2. The smallest absolute Gasteiger partial charge is 0.303 e. The first-order chi connectivity index (χ1) is 11.7. The highest BCUT2D eigenvalue weighted by Crippen LogP contribution is 2.44. The van der Waals surface area contributed by atoms with Gasteiger partial charge in [-0.25, -0.2) is 0 Å². The first-order valence-corrected chi connectivity index (χ1v) is 10.9. The van der Waals surface area contributed by atoms with Crippen molar-refractivity contribution in [2.24, 2.45) is 11.8 Å². The lowest BCUT2D eigenvalue weighted by molar-refractivity contribution is -0.137. The number of ether oxygens (including phenoxy) is 2. The van der Waals surface area contributed by atoms with Crippen LogP contribution in [0.4, 0.5) is 0 Å². The van der Waals surface area contributed by atoms with Gasteiger partial charge in [0.2, 0.25) is 0 Å². The van der Waals surface area contributed by atoms with Gasteiger partial charge in [-0.1, -0.05) is 26.2 Å². The van der Waals surface area contributed by atoms with E-state index in [1.807, 2.05) is 0 Å². The van der Waals surface area contributed by atoms with E-state index in [1.165, 1.54) is 50.0 Å². The van der Waals surface area contributed by atoms with Crippen molar-refractivity contribution in [2.75, 3.05) is 24.7 Å². The van der Waals surface area contributed by atoms with Gasteiger partial charge < -0.3 is 14.6 Å². The molecular formula is C19H34O4S. The number of fused-ring (bicyclic) bond motifs is 2. The number of carboxylic acid groups (broad SMARTS) is 1. The van der Waals surface area contributed by atoms with Gasteiger partial charge in [0.1, 0.15) is 0 Å². The van der Waals surface area contributed by atoms with Crippen LogP contribution in [0.3, 0.4) is 0 Å². The molecule has 2 saturated heterocycles. The second-order valence-corrected chi connectivity index (χ2v) is 8.33. The third-order valence-electron chi connectivity index (χ3n) is 5.28. The van der Waals surface area contributed by atoms with E-state index in [-0.39, 0.29) is 6.42 Å². The Morgan fingerprint density at radius 2 is 1.92 bits per heavy atom. The number of carbonyl (C=O) groups is 1. The Labute approximate surface area is 151 Å². The number of unbranched alkanes of at least 4 members (excludes halogenated alkanes) is 4. The van der Waals surface area contributed by atoms with E-state index in [9.17, 15) is 4.79 Å². The van der Waals surface area contributed by atoms with E-state index >= 15 is 0 Å². The van der Waals surface area contributed by atoms with Crippen LogP contribution in [-0.4, -0.2) is 48.0 Å². The van der Waals surface area contributed by atoms with Crippen LogP contribution in [0.1, 0.15) is 64.7 Å². The molecule has 2 heterocycles. The Balaban J connectivity index is 1.59. The minimum Gasteiger partial charge on any atom is -0.481 e. The summed E-state index contributed by atoms with van der Waals surface area (Å²) in [5.41, 5.74) is 0. The maximum absolute atomic E-state index is 10.5. The zero-order valence-electron chi connectivity index (χ0n) is 15.1. The SMILES string of the molecule is CCCCCCSC[C@@H]1[C@H](COCCCCC(=O)O)[C@@H]2CC[C@H]1O2. The predicted molar refractivity (Wildman–Crippen MR) is 98.6 cm³/mol. The third kappa shape index (κ3) is 6.57. The van der Waals surface area contributed by atoms with Crippen molar-refractivity contribution in [2.45, 2.75) is 76.9 Å². The van der Waals surface area contributed by atoms with Crippen molar-refractivity contribution in [3.8, 4) is 0 Å². The van der Waals surface area contributed by atoms with Crippen molar-refractivity contribution in [3.63, 3.8) is 0 Å². The maximum Gasteiger partial charge on any atom is 0.303 e. The van der Waals surface area contributed by atoms with Crippen LogP contribution in [0.5, 0.6) is 0 Å². The lowest BCUT2D eigenvalue weighted by atomic mass is 9.81. The van der Waals surface area contributed by atoms with E-state index in [0.29, 0.717) is 37.1 Å². The molecule has 0 saturated carbocycles. The van der Waals surface area contributed by atoms with Gasteiger partial charge in [-0.2, -0.15) is 11.8 Å². The summed E-state index contributed by atoms with van der Waals surface area (Å²) in [5.74, 6) is 2.97. The summed E-state index contributed by atoms with van der Waals surface area (Å²) in [6.45, 7) is 3.72. The molecule has 0 aromatic carbocycles. The standard InChI is InChI=1S/C19H34O4S/c1-2-3-4-7-12-24-14-16-15(17-9-10-18(16)23-17)13-22-11-6-5-8-19(20)21/h15-18H,2-14H2,1H3,(H,20,21)/t15-,16+,17-,18+/m0/s1. The molecule has 2 fully saturated rings. The second-order valence-electron chi connectivity index (χ2n) is 7.18. The zero-order chi connectivity index (χ0) is 17.2. The fraction of sp³-hybridized carbons (Fsp3) is 0.947. The maximum atomic E-state index is 10.5. The van der Waals surface area contributed by atoms with Crippen molar-refractivity contribution in [1.82, 2.24) is 0 Å². The molecule has 4 atom stereocenters. The minimum absolute atomic E-state index is 0.248. The fourth-order valence-electron chi connectivity index (χ4n) is 3.88. The lowest BCUT2D eigenvalue weighted by Gasteiger charge is -2.27. The Kier molecular flexibility index (Phi) is 9.51. The summed E-state index contributed by atoms with van der Waals surface area (Å²) in [6, 6.07) is 0. The first-order valence-electron chi connectivity index (χ1n) is 9.75. The monoisotopic (exact) mass is 358 g/mol. The van der Waals surface area contributed by atoms with Crippen LogP contribution in [-0.2, 0) is 14.3 Å². The molecule has 0 amide bonds. The molecule has 0 aromatic heterocycles. The first kappa shape index (κ1) is 20.1. The molecule has 2 bridgehead atoms. The topological polar surface area (TPSA) is 55.8 Å². The van der Waals surface area contributed by atoms with Crippen LogP contribution in [0.15, 0.2) is 0 Å². The Hall–Kier alpha value is -0.260. The van der Waals surface area contributed by atoms with Crippen molar-refractivity contribution in [1.29, 1.82) is 0 Å². The van der Waals surface area contributed by atoms with Crippen LogP contribution in [0.2, 0.25) is 0 Å². The van der Waals surface area contributed by atoms with E-state index < -0.39 is 5.97 Å². The van der Waals surface area contributed by atoms with E-state index in [2.05, 4.69) is 18.7 Å². The van der Waals surface area contributed by atoms with E-state index in [0.717, 1.165) is 13.0 Å². The predicted octanol–water partition coefficient (Wildman–Crippen LogP) is 4.37. The molecule has 140 valence electrons. The second kappa shape index (κ2) is 11.4. The molecular weight excluding hydrogens is 324 g/mol. The largest absolute Gasteiger partial charge is 0.481 e. The van der Waals surface area contributed by atoms with E-state index in [1.54, 1.807) is 0 Å². The van der Waals surface area contributed by atoms with Gasteiger partial charge >= 0.3 is 5.97 Å². The van der Waals surface area contributed by atoms with Gasteiger partial charge in [0.25, 0.3) is 0 Å². The highest BCUT2D eigenvalue weighted by Gasteiger charge is 2.48. The summed E-state index contributed by atoms with van der Waals surface area (Å²) >= 11 is 2.09. The molecule has 0 spiro atoms. The third-order valence-corrected chi connectivity index (χ3v) is 6.48. The summed E-state index contributed by atoms with van der Waals surface area (Å²) in [4.78, 5) is 10.5. The Bertz CT molecular complexity index is 363. The molecule has 2 aliphatic heterocycles. The van der Waals surface area contributed by atoms with Gasteiger partial charge in [0.15, 0.2) is 0 Å². The molecule has 1 N–H and O–H groups in total. The number of aliphatic carboxylic acids is 1. The highest BCUT2D eigenvalue weighted by molar-refractivity contribution is 7.99. The van der Waals surface area contributed by atoms with E-state index in [4.69, 9.17) is 14.6 Å². The van der Waals surface area contributed by atoms with Crippen molar-refractivity contribution < 1.29 is 19.4 Å². The average Bonchev–Trinajstić information content (AvgIpc) is 3.15. The molecule has 0 unspecified atom stereocenters. The summed E-state index contributed by atoms with van der Waals surface area (Å²) in [7, 11) is 0. The van der Waals surface area contributed by atoms with Gasteiger partial charge in [-0.3, -0.25) is 4.79 Å². The van der Waals surface area contributed by atoms with Crippen LogP contribution in [0.25, 0.3) is 0 Å². The number of carboxylic acids is 1. The molecule has 4 nitrogen and oxygen atoms in total. The summed E-state index contributed by atoms with van der Waals surface area (Å²) < 4.78 is 12.0. The van der Waals surface area contributed by atoms with Gasteiger partial charge in [0, 0.05) is 24.9 Å². The van der Waals surface area contributed by atoms with Crippen LogP contribution < -0.4 is 0 Å². The van der Waals surface area contributed by atoms with Gasteiger partial charge in [-0.15, -0.1) is 0 Å². The Morgan fingerprint density at radius 3 is 2.67 bits per heavy atom. The van der Waals surface area contributed by atoms with Crippen molar-refractivity contribution in [3.05, 3.63) is 0 Å². The van der Waals surface area contributed by atoms with Crippen LogP contribution in [0, 0.1) is 11.8 Å². The Morgan fingerprint density at radius 1 is 1.12 bits per heavy atom. The molecule has 2 aliphatic rings. The lowest BCUT2D eigenvalue weighted by Crippen LogP contribution is -2.32. The quantitative estimate of drug-likeness (QED) is 0.467.